The van der Waals surface area contributed by atoms with Gasteiger partial charge in [0, 0.05) is 0 Å². The minimum atomic E-state index is -1.36. The Balaban J connectivity index is 2.17. The minimum absolute atomic E-state index is 0.417. The number of hydrogen-bond donors (Lipinski definition) is 1. The summed E-state index contributed by atoms with van der Waals surface area (Å²) < 4.78 is 18.7. The predicted molar refractivity (Wildman–Crippen MR) is 51.5 cm³/mol. The molecule has 3 heteroatoms. The molecule has 1 N–H and O–H groups in total. The van der Waals surface area contributed by atoms with E-state index < -0.39 is 18.4 Å². The van der Waals surface area contributed by atoms with Crippen molar-refractivity contribution in [1.29, 1.82) is 0 Å². The van der Waals surface area contributed by atoms with Crippen molar-refractivity contribution in [2.24, 2.45) is 0 Å². The third-order valence-electron chi connectivity index (χ3n) is 2.70. The average Bonchev–Trinajstić information content (AvgIpc) is 2.98. The van der Waals surface area contributed by atoms with Crippen LogP contribution in [0.4, 0.5) is 0 Å². The van der Waals surface area contributed by atoms with Gasteiger partial charge in [-0.3, -0.25) is 4.79 Å². The second-order valence-corrected chi connectivity index (χ2v) is 3.53. The Hall–Kier alpha value is -1.51. The lowest BCUT2D eigenvalue weighted by Gasteiger charge is -2.10. The van der Waals surface area contributed by atoms with Crippen molar-refractivity contribution in [3.8, 4) is 5.75 Å². The molecule has 3 nitrogen and oxygen atoms in total. The Morgan fingerprint density at radius 2 is 2.14 bits per heavy atom. The van der Waals surface area contributed by atoms with E-state index >= 15 is 0 Å². The molecule has 0 heterocycles. The molecule has 0 unspecified atom stereocenters. The van der Waals surface area contributed by atoms with Gasteiger partial charge in [0.1, 0.15) is 5.75 Å². The van der Waals surface area contributed by atoms with Crippen LogP contribution in [0.1, 0.15) is 21.1 Å². The number of carboxylic acids is 1. The molecule has 1 aliphatic rings. The van der Waals surface area contributed by atoms with Crippen molar-refractivity contribution in [1.82, 2.24) is 0 Å². The zero-order valence-corrected chi connectivity index (χ0v) is 7.56. The fourth-order valence-electron chi connectivity index (χ4n) is 1.60. The third kappa shape index (κ3) is 1.25. The SMILES string of the molecule is [2H]C([2H])Oc1ccc(C2(C(=O)O)CC2)cc1. The summed E-state index contributed by atoms with van der Waals surface area (Å²) in [6, 6.07) is 6.60. The summed E-state index contributed by atoms with van der Waals surface area (Å²) in [5.41, 5.74) is 0.0544. The van der Waals surface area contributed by atoms with Crippen LogP contribution in [0, 0.1) is 0 Å². The maximum atomic E-state index is 11.1. The molecule has 2 rings (SSSR count). The maximum Gasteiger partial charge on any atom is 0.314 e. The highest BCUT2D eigenvalue weighted by molar-refractivity contribution is 5.84. The minimum Gasteiger partial charge on any atom is -0.497 e. The average molecular weight is 194 g/mol. The maximum absolute atomic E-state index is 11.1. The number of carboxylic acid groups (broad SMARTS) is 1. The predicted octanol–water partition coefficient (Wildman–Crippen LogP) is 1.81. The topological polar surface area (TPSA) is 46.5 Å². The molecule has 14 heavy (non-hydrogen) atoms. The van der Waals surface area contributed by atoms with Gasteiger partial charge in [0.2, 0.25) is 0 Å². The molecule has 0 radical (unpaired) electrons. The van der Waals surface area contributed by atoms with Crippen molar-refractivity contribution < 1.29 is 17.4 Å². The molecule has 0 aromatic heterocycles. The summed E-state index contributed by atoms with van der Waals surface area (Å²) in [5, 5.41) is 9.08. The van der Waals surface area contributed by atoms with Crippen molar-refractivity contribution in [3.63, 3.8) is 0 Å². The van der Waals surface area contributed by atoms with Crippen molar-refractivity contribution in [3.05, 3.63) is 29.8 Å². The van der Waals surface area contributed by atoms with Crippen LogP contribution in [0.25, 0.3) is 0 Å². The van der Waals surface area contributed by atoms with Gasteiger partial charge in [-0.25, -0.2) is 0 Å². The van der Waals surface area contributed by atoms with Crippen LogP contribution in [0.2, 0.25) is 0 Å². The summed E-state index contributed by atoms with van der Waals surface area (Å²) >= 11 is 0. The zero-order valence-electron chi connectivity index (χ0n) is 9.56. The highest BCUT2D eigenvalue weighted by atomic mass is 16.5. The van der Waals surface area contributed by atoms with Crippen LogP contribution in [-0.2, 0) is 10.2 Å². The van der Waals surface area contributed by atoms with Gasteiger partial charge in [-0.2, -0.15) is 0 Å². The van der Waals surface area contributed by atoms with Crippen molar-refractivity contribution in [2.45, 2.75) is 18.3 Å². The quantitative estimate of drug-likeness (QED) is 0.798. The molecule has 0 saturated heterocycles. The van der Waals surface area contributed by atoms with Gasteiger partial charge >= 0.3 is 5.97 Å². The smallest absolute Gasteiger partial charge is 0.314 e. The lowest BCUT2D eigenvalue weighted by atomic mass is 9.96. The largest absolute Gasteiger partial charge is 0.497 e. The summed E-state index contributed by atoms with van der Waals surface area (Å²) in [5.74, 6) is -0.375. The number of carbonyl (C=O) groups is 1. The first kappa shape index (κ1) is 6.87. The highest BCUT2D eigenvalue weighted by Crippen LogP contribution is 2.48. The number of hydrogen-bond acceptors (Lipinski definition) is 2. The Bertz CT molecular complexity index is 396. The number of methoxy groups -OCH3 is 1. The van der Waals surface area contributed by atoms with Crippen LogP contribution in [0.5, 0.6) is 5.75 Å². The van der Waals surface area contributed by atoms with Gasteiger partial charge < -0.3 is 9.84 Å². The van der Waals surface area contributed by atoms with E-state index in [0.29, 0.717) is 18.6 Å². The van der Waals surface area contributed by atoms with E-state index in [2.05, 4.69) is 0 Å². The number of aliphatic carboxylic acids is 1. The second-order valence-electron chi connectivity index (χ2n) is 3.53. The first-order chi connectivity index (χ1) is 7.54. The van der Waals surface area contributed by atoms with E-state index in [-0.39, 0.29) is 0 Å². The van der Waals surface area contributed by atoms with E-state index in [0.717, 1.165) is 5.56 Å². The van der Waals surface area contributed by atoms with Crippen molar-refractivity contribution >= 4 is 5.97 Å². The number of benzene rings is 1. The fourth-order valence-corrected chi connectivity index (χ4v) is 1.60. The zero-order chi connectivity index (χ0) is 11.8. The standard InChI is InChI=1S/C11H12O3/c1-14-9-4-2-8(3-5-9)11(6-7-11)10(12)13/h2-5H,6-7H2,1H3,(H,12,13)/i1D2. The van der Waals surface area contributed by atoms with Gasteiger partial charge in [-0.05, 0) is 30.5 Å². The number of ether oxygens (including phenoxy) is 1. The van der Waals surface area contributed by atoms with E-state index in [1.54, 1.807) is 24.3 Å². The number of rotatable bonds is 3. The van der Waals surface area contributed by atoms with E-state index in [4.69, 9.17) is 12.6 Å². The van der Waals surface area contributed by atoms with Gasteiger partial charge in [-0.15, -0.1) is 0 Å². The lowest BCUT2D eigenvalue weighted by Crippen LogP contribution is -2.19. The van der Waals surface area contributed by atoms with Crippen LogP contribution < -0.4 is 4.74 Å². The Morgan fingerprint density at radius 1 is 1.50 bits per heavy atom. The van der Waals surface area contributed by atoms with Gasteiger partial charge in [0.05, 0.1) is 15.2 Å². The first-order valence-electron chi connectivity index (χ1n) is 5.55. The molecule has 0 amide bonds. The lowest BCUT2D eigenvalue weighted by molar-refractivity contribution is -0.140. The van der Waals surface area contributed by atoms with E-state index in [9.17, 15) is 4.79 Å². The molecule has 1 fully saturated rings. The molecular weight excluding hydrogens is 180 g/mol. The van der Waals surface area contributed by atoms with Crippen LogP contribution in [0.15, 0.2) is 24.3 Å². The van der Waals surface area contributed by atoms with Crippen LogP contribution >= 0.6 is 0 Å². The second kappa shape index (κ2) is 3.01. The van der Waals surface area contributed by atoms with Gasteiger partial charge in [0.15, 0.2) is 0 Å². The molecule has 1 aromatic carbocycles. The van der Waals surface area contributed by atoms with Crippen LogP contribution in [0.3, 0.4) is 0 Å². The molecule has 1 saturated carbocycles. The van der Waals surface area contributed by atoms with E-state index in [1.807, 2.05) is 0 Å². The Morgan fingerprint density at radius 3 is 2.57 bits per heavy atom. The Labute approximate surface area is 85.1 Å². The molecule has 0 spiro atoms. The summed E-state index contributed by atoms with van der Waals surface area (Å²) in [7, 11) is -1.36. The van der Waals surface area contributed by atoms with E-state index in [1.165, 1.54) is 0 Å². The summed E-state index contributed by atoms with van der Waals surface area (Å²) in [6.45, 7) is 0. The Kier molecular flexibility index (Phi) is 1.48. The molecule has 1 aromatic rings. The third-order valence-corrected chi connectivity index (χ3v) is 2.70. The monoisotopic (exact) mass is 194 g/mol. The van der Waals surface area contributed by atoms with Gasteiger partial charge in [-0.1, -0.05) is 12.1 Å². The summed E-state index contributed by atoms with van der Waals surface area (Å²) in [6.07, 6.45) is 1.34. The van der Waals surface area contributed by atoms with Crippen LogP contribution in [-0.4, -0.2) is 18.1 Å². The molecule has 74 valence electrons. The summed E-state index contributed by atoms with van der Waals surface area (Å²) in [4.78, 5) is 11.1. The molecule has 0 atom stereocenters. The fraction of sp³-hybridized carbons (Fsp3) is 0.364. The normalized spacial score (nSPS) is 19.8. The first-order valence-corrected chi connectivity index (χ1v) is 4.40. The molecule has 0 aliphatic heterocycles. The molecular formula is C11H12O3. The van der Waals surface area contributed by atoms with Gasteiger partial charge in [0.25, 0.3) is 0 Å². The van der Waals surface area contributed by atoms with Crippen molar-refractivity contribution in [2.75, 3.05) is 7.06 Å². The molecule has 1 aliphatic carbocycles. The molecule has 0 bridgehead atoms. The highest BCUT2D eigenvalue weighted by Gasteiger charge is 2.51.